The number of allylic oxidation sites excluding steroid dienone is 1. The van der Waals surface area contributed by atoms with Crippen LogP contribution in [0.3, 0.4) is 0 Å². The standard InChI is InChI=1S/C31H48N2O3/c1-9-28(5)12-14-30(7)23-11-10-20-19(2)25(35)22(34)16-21(20)29(23,6)13-15-31(30,8)24(28)17-27(3,4)18-33-26(32)36/h10-11,16,23-24,34-35H,9,12-15,17-18H2,1-8H3,(H3,32,33,36)/t23?,24-,28-,29+,30-,31+/m1/s1. The molecule has 1 aromatic rings. The number of fused-ring (bicyclic) bond motifs is 5. The second kappa shape index (κ2) is 8.43. The van der Waals surface area contributed by atoms with Gasteiger partial charge < -0.3 is 21.3 Å². The fourth-order valence-electron chi connectivity index (χ4n) is 8.78. The number of hydrogen-bond acceptors (Lipinski definition) is 3. The van der Waals surface area contributed by atoms with Crippen LogP contribution in [0.25, 0.3) is 6.08 Å². The van der Waals surface area contributed by atoms with Crippen molar-refractivity contribution in [2.24, 2.45) is 39.2 Å². The van der Waals surface area contributed by atoms with Crippen molar-refractivity contribution in [1.82, 2.24) is 5.32 Å². The largest absolute Gasteiger partial charge is 0.504 e. The van der Waals surface area contributed by atoms with Crippen LogP contribution in [-0.4, -0.2) is 22.8 Å². The number of nitrogens with one attached hydrogen (secondary N) is 1. The molecule has 0 aromatic heterocycles. The minimum absolute atomic E-state index is 0.00412. The molecule has 0 heterocycles. The maximum absolute atomic E-state index is 11.5. The van der Waals surface area contributed by atoms with E-state index in [1.165, 1.54) is 18.4 Å². The number of phenolic OH excluding ortho intramolecular Hbond substituents is 2. The Morgan fingerprint density at radius 1 is 1.11 bits per heavy atom. The van der Waals surface area contributed by atoms with Gasteiger partial charge in [0.25, 0.3) is 0 Å². The zero-order chi connectivity index (χ0) is 26.9. The zero-order valence-corrected chi connectivity index (χ0v) is 23.7. The zero-order valence-electron chi connectivity index (χ0n) is 23.7. The first-order valence-electron chi connectivity index (χ1n) is 13.8. The van der Waals surface area contributed by atoms with E-state index in [1.54, 1.807) is 0 Å². The Morgan fingerprint density at radius 2 is 1.75 bits per heavy atom. The molecule has 0 saturated heterocycles. The summed E-state index contributed by atoms with van der Waals surface area (Å²) in [5.74, 6) is 0.836. The maximum Gasteiger partial charge on any atom is 0.312 e. The number of rotatable bonds is 5. The van der Waals surface area contributed by atoms with Gasteiger partial charge in [-0.05, 0) is 89.7 Å². The molecule has 5 heteroatoms. The van der Waals surface area contributed by atoms with E-state index in [-0.39, 0.29) is 38.6 Å². The molecular weight excluding hydrogens is 448 g/mol. The van der Waals surface area contributed by atoms with Gasteiger partial charge in [0.05, 0.1) is 0 Å². The van der Waals surface area contributed by atoms with Gasteiger partial charge in [0.1, 0.15) is 0 Å². The van der Waals surface area contributed by atoms with Crippen molar-refractivity contribution in [3.05, 3.63) is 28.8 Å². The molecule has 6 atom stereocenters. The van der Waals surface area contributed by atoms with Crippen LogP contribution in [0.1, 0.15) is 104 Å². The molecule has 3 aliphatic carbocycles. The fraction of sp³-hybridized carbons (Fsp3) is 0.710. The van der Waals surface area contributed by atoms with E-state index in [0.717, 1.165) is 36.8 Å². The summed E-state index contributed by atoms with van der Waals surface area (Å²) in [6.07, 6.45) is 11.3. The number of hydrogen-bond donors (Lipinski definition) is 4. The minimum atomic E-state index is -0.454. The third-order valence-corrected chi connectivity index (χ3v) is 11.6. The highest BCUT2D eigenvalue weighted by atomic mass is 16.3. The Labute approximate surface area is 217 Å². The van der Waals surface area contributed by atoms with Crippen LogP contribution in [0, 0.1) is 40.4 Å². The number of nitrogens with two attached hydrogens (primary N) is 1. The first-order chi connectivity index (χ1) is 16.5. The average Bonchev–Trinajstić information content (AvgIpc) is 2.81. The summed E-state index contributed by atoms with van der Waals surface area (Å²) in [7, 11) is 0. The van der Waals surface area contributed by atoms with E-state index in [0.29, 0.717) is 18.4 Å². The Balaban J connectivity index is 1.79. The van der Waals surface area contributed by atoms with E-state index in [4.69, 9.17) is 5.73 Å². The quantitative estimate of drug-likeness (QED) is 0.330. The second-order valence-electron chi connectivity index (χ2n) is 14.1. The smallest absolute Gasteiger partial charge is 0.312 e. The molecule has 1 unspecified atom stereocenters. The highest BCUT2D eigenvalue weighted by Gasteiger charge is 2.66. The molecular formula is C31H48N2O3. The van der Waals surface area contributed by atoms with E-state index >= 15 is 0 Å². The molecule has 5 N–H and O–H groups in total. The highest BCUT2D eigenvalue weighted by molar-refractivity contribution is 5.71. The van der Waals surface area contributed by atoms with Crippen molar-refractivity contribution >= 4 is 12.1 Å². The molecule has 0 bridgehead atoms. The Bertz CT molecular complexity index is 1090. The predicted molar refractivity (Wildman–Crippen MR) is 147 cm³/mol. The van der Waals surface area contributed by atoms with Gasteiger partial charge in [-0.1, -0.05) is 67.0 Å². The molecule has 0 aliphatic heterocycles. The normalized spacial score (nSPS) is 37.6. The lowest BCUT2D eigenvalue weighted by molar-refractivity contribution is -0.183. The number of amides is 2. The number of urea groups is 1. The Kier molecular flexibility index (Phi) is 6.29. The third-order valence-electron chi connectivity index (χ3n) is 11.6. The fourth-order valence-corrected chi connectivity index (χ4v) is 8.78. The molecule has 2 saturated carbocycles. The lowest BCUT2D eigenvalue weighted by atomic mass is 9.34. The summed E-state index contributed by atoms with van der Waals surface area (Å²) in [5.41, 5.74) is 8.74. The van der Waals surface area contributed by atoms with E-state index in [1.807, 2.05) is 13.0 Å². The molecule has 200 valence electrons. The monoisotopic (exact) mass is 496 g/mol. The van der Waals surface area contributed by atoms with Crippen molar-refractivity contribution < 1.29 is 15.0 Å². The summed E-state index contributed by atoms with van der Waals surface area (Å²) >= 11 is 0. The second-order valence-corrected chi connectivity index (χ2v) is 14.1. The first kappa shape index (κ1) is 26.9. The molecule has 2 fully saturated rings. The van der Waals surface area contributed by atoms with E-state index in [9.17, 15) is 15.0 Å². The van der Waals surface area contributed by atoms with Crippen LogP contribution in [0.5, 0.6) is 11.5 Å². The molecule has 1 aromatic carbocycles. The summed E-state index contributed by atoms with van der Waals surface area (Å²) in [6, 6.07) is 1.37. The van der Waals surface area contributed by atoms with Crippen LogP contribution in [-0.2, 0) is 5.41 Å². The van der Waals surface area contributed by atoms with Crippen LogP contribution in [0.2, 0.25) is 0 Å². The Morgan fingerprint density at radius 3 is 2.36 bits per heavy atom. The molecule has 4 rings (SSSR count). The Hall–Kier alpha value is -2.17. The topological polar surface area (TPSA) is 95.6 Å². The molecule has 2 amide bonds. The van der Waals surface area contributed by atoms with Gasteiger partial charge in [-0.2, -0.15) is 0 Å². The van der Waals surface area contributed by atoms with E-state index < -0.39 is 6.03 Å². The van der Waals surface area contributed by atoms with Crippen molar-refractivity contribution in [1.29, 1.82) is 0 Å². The molecule has 0 spiro atoms. The average molecular weight is 497 g/mol. The number of carbonyl (C=O) groups is 1. The number of aromatic hydroxyl groups is 2. The van der Waals surface area contributed by atoms with Crippen LogP contribution < -0.4 is 11.1 Å². The van der Waals surface area contributed by atoms with Gasteiger partial charge in [-0.3, -0.25) is 0 Å². The SMILES string of the molecule is CC[C@]1(C)CC[C@]2(C)C3C=Cc4c(cc(O)c(O)c4C)[C@]3(C)CC[C@@]2(C)[C@@H]1CC(C)(C)CNC(N)=O. The summed E-state index contributed by atoms with van der Waals surface area (Å²) in [4.78, 5) is 11.5. The molecule has 3 aliphatic rings. The highest BCUT2D eigenvalue weighted by Crippen LogP contribution is 2.73. The molecule has 0 radical (unpaired) electrons. The van der Waals surface area contributed by atoms with Crippen LogP contribution >= 0.6 is 0 Å². The summed E-state index contributed by atoms with van der Waals surface area (Å²) in [6.45, 7) is 19.3. The summed E-state index contributed by atoms with van der Waals surface area (Å²) < 4.78 is 0. The third kappa shape index (κ3) is 3.75. The predicted octanol–water partition coefficient (Wildman–Crippen LogP) is 7.02. The van der Waals surface area contributed by atoms with Gasteiger partial charge in [0.2, 0.25) is 0 Å². The molecule has 36 heavy (non-hydrogen) atoms. The van der Waals surface area contributed by atoms with Gasteiger partial charge >= 0.3 is 6.03 Å². The summed E-state index contributed by atoms with van der Waals surface area (Å²) in [5, 5.41) is 23.8. The number of phenols is 2. The first-order valence-corrected chi connectivity index (χ1v) is 13.8. The lowest BCUT2D eigenvalue weighted by Gasteiger charge is -2.70. The van der Waals surface area contributed by atoms with E-state index in [2.05, 4.69) is 65.9 Å². The maximum atomic E-state index is 11.5. The number of carbonyl (C=O) groups excluding carboxylic acids is 1. The van der Waals surface area contributed by atoms with Crippen LogP contribution in [0.4, 0.5) is 4.79 Å². The van der Waals surface area contributed by atoms with Gasteiger partial charge in [-0.25, -0.2) is 4.79 Å². The lowest BCUT2D eigenvalue weighted by Crippen LogP contribution is -2.63. The van der Waals surface area contributed by atoms with Crippen LogP contribution in [0.15, 0.2) is 12.1 Å². The molecule has 5 nitrogen and oxygen atoms in total. The van der Waals surface area contributed by atoms with Crippen molar-refractivity contribution in [3.8, 4) is 11.5 Å². The minimum Gasteiger partial charge on any atom is -0.504 e. The van der Waals surface area contributed by atoms with Crippen molar-refractivity contribution in [2.45, 2.75) is 99.3 Å². The number of benzene rings is 1. The van der Waals surface area contributed by atoms with Gasteiger partial charge in [0, 0.05) is 17.5 Å². The van der Waals surface area contributed by atoms with Gasteiger partial charge in [0.15, 0.2) is 11.5 Å². The van der Waals surface area contributed by atoms with Crippen molar-refractivity contribution in [2.75, 3.05) is 6.54 Å². The van der Waals surface area contributed by atoms with Gasteiger partial charge in [-0.15, -0.1) is 0 Å². The number of primary amides is 1. The van der Waals surface area contributed by atoms with Crippen molar-refractivity contribution in [3.63, 3.8) is 0 Å².